The van der Waals surface area contributed by atoms with E-state index in [1.807, 2.05) is 38.1 Å². The summed E-state index contributed by atoms with van der Waals surface area (Å²) in [6.45, 7) is 4.02. The van der Waals surface area contributed by atoms with Crippen LogP contribution in [0.1, 0.15) is 19.4 Å². The largest absolute Gasteiger partial charge is 0.497 e. The van der Waals surface area contributed by atoms with Crippen LogP contribution in [-0.4, -0.2) is 40.3 Å². The van der Waals surface area contributed by atoms with Crippen LogP contribution in [-0.2, 0) is 6.54 Å². The Kier molecular flexibility index (Phi) is 5.33. The predicted octanol–water partition coefficient (Wildman–Crippen LogP) is 2.49. The van der Waals surface area contributed by atoms with Gasteiger partial charge in [0.2, 0.25) is 5.43 Å². The first-order valence-corrected chi connectivity index (χ1v) is 9.72. The van der Waals surface area contributed by atoms with Crippen molar-refractivity contribution in [3.8, 4) is 17.2 Å². The number of benzene rings is 2. The molecule has 31 heavy (non-hydrogen) atoms. The SMILES string of the molecule is COc1ccc(Cn2nnc3c(=O)[nH]c4cc(OC(C)C)c(OC)cc4c(=O)c32)cc1. The summed E-state index contributed by atoms with van der Waals surface area (Å²) in [6.07, 6.45) is -0.110. The minimum Gasteiger partial charge on any atom is -0.497 e. The Morgan fingerprint density at radius 2 is 1.77 bits per heavy atom. The Balaban J connectivity index is 1.94. The fraction of sp³-hybridized carbons (Fsp3) is 0.273. The van der Waals surface area contributed by atoms with Gasteiger partial charge in [-0.2, -0.15) is 0 Å². The number of ether oxygens (including phenoxy) is 3. The molecular weight excluding hydrogens is 400 g/mol. The van der Waals surface area contributed by atoms with Crippen molar-refractivity contribution in [1.82, 2.24) is 20.0 Å². The van der Waals surface area contributed by atoms with Gasteiger partial charge in [-0.3, -0.25) is 9.59 Å². The number of hydrogen-bond donors (Lipinski definition) is 1. The summed E-state index contributed by atoms with van der Waals surface area (Å²) in [5.74, 6) is 1.55. The summed E-state index contributed by atoms with van der Waals surface area (Å²) in [6, 6.07) is 10.5. The van der Waals surface area contributed by atoms with E-state index < -0.39 is 5.56 Å². The number of hydrogen-bond acceptors (Lipinski definition) is 7. The molecule has 0 saturated heterocycles. The Labute approximate surface area is 177 Å². The van der Waals surface area contributed by atoms with Gasteiger partial charge in [-0.05, 0) is 37.6 Å². The third kappa shape index (κ3) is 3.81. The van der Waals surface area contributed by atoms with Gasteiger partial charge < -0.3 is 19.2 Å². The zero-order chi connectivity index (χ0) is 22.1. The first-order valence-electron chi connectivity index (χ1n) is 9.72. The van der Waals surface area contributed by atoms with E-state index in [1.54, 1.807) is 19.2 Å². The van der Waals surface area contributed by atoms with Crippen molar-refractivity contribution in [3.05, 3.63) is 62.5 Å². The van der Waals surface area contributed by atoms with E-state index in [0.29, 0.717) is 17.0 Å². The molecule has 2 aromatic heterocycles. The maximum absolute atomic E-state index is 13.4. The maximum Gasteiger partial charge on any atom is 0.278 e. The molecule has 9 nitrogen and oxygen atoms in total. The van der Waals surface area contributed by atoms with Gasteiger partial charge in [-0.1, -0.05) is 17.3 Å². The third-order valence-corrected chi connectivity index (χ3v) is 4.82. The second kappa shape index (κ2) is 8.10. The van der Waals surface area contributed by atoms with Crippen LogP contribution in [0.25, 0.3) is 21.9 Å². The van der Waals surface area contributed by atoms with Crippen LogP contribution in [0, 0.1) is 0 Å². The van der Waals surface area contributed by atoms with Crippen LogP contribution in [0.4, 0.5) is 0 Å². The van der Waals surface area contributed by atoms with E-state index in [0.717, 1.165) is 11.3 Å². The molecule has 0 spiro atoms. The summed E-state index contributed by atoms with van der Waals surface area (Å²) in [7, 11) is 3.09. The minimum absolute atomic E-state index is 0.0278. The van der Waals surface area contributed by atoms with Gasteiger partial charge >= 0.3 is 0 Å². The Morgan fingerprint density at radius 1 is 1.03 bits per heavy atom. The summed E-state index contributed by atoms with van der Waals surface area (Å²) in [5.41, 5.74) is 0.413. The highest BCUT2D eigenvalue weighted by molar-refractivity contribution is 5.89. The molecular formula is C22H22N4O5. The molecule has 4 aromatic rings. The van der Waals surface area contributed by atoms with Gasteiger partial charge in [0.05, 0.1) is 37.8 Å². The Bertz CT molecular complexity index is 1370. The Hall–Kier alpha value is -3.88. The van der Waals surface area contributed by atoms with E-state index in [-0.39, 0.29) is 34.5 Å². The number of methoxy groups -OCH3 is 2. The fourth-order valence-corrected chi connectivity index (χ4v) is 3.37. The summed E-state index contributed by atoms with van der Waals surface area (Å²) in [5, 5.41) is 8.29. The molecule has 0 unspecified atom stereocenters. The summed E-state index contributed by atoms with van der Waals surface area (Å²) in [4.78, 5) is 29.0. The number of H-pyrrole nitrogens is 1. The molecule has 0 aliphatic heterocycles. The van der Waals surface area contributed by atoms with Crippen molar-refractivity contribution < 1.29 is 14.2 Å². The number of rotatable bonds is 6. The van der Waals surface area contributed by atoms with Crippen LogP contribution < -0.4 is 25.2 Å². The molecule has 0 bridgehead atoms. The van der Waals surface area contributed by atoms with Crippen LogP contribution in [0.3, 0.4) is 0 Å². The number of nitrogens with one attached hydrogen (secondary N) is 1. The van der Waals surface area contributed by atoms with Crippen molar-refractivity contribution in [2.75, 3.05) is 14.2 Å². The molecule has 4 rings (SSSR count). The van der Waals surface area contributed by atoms with Crippen molar-refractivity contribution in [3.63, 3.8) is 0 Å². The molecule has 1 N–H and O–H groups in total. The zero-order valence-corrected chi connectivity index (χ0v) is 17.6. The predicted molar refractivity (Wildman–Crippen MR) is 116 cm³/mol. The first kappa shape index (κ1) is 20.4. The average molecular weight is 422 g/mol. The number of fused-ring (bicyclic) bond motifs is 2. The molecule has 0 amide bonds. The van der Waals surface area contributed by atoms with Crippen LogP contribution in [0.2, 0.25) is 0 Å². The van der Waals surface area contributed by atoms with Crippen LogP contribution >= 0.6 is 0 Å². The molecule has 0 radical (unpaired) electrons. The van der Waals surface area contributed by atoms with Crippen molar-refractivity contribution in [1.29, 1.82) is 0 Å². The Morgan fingerprint density at radius 3 is 2.42 bits per heavy atom. The fourth-order valence-electron chi connectivity index (χ4n) is 3.37. The summed E-state index contributed by atoms with van der Waals surface area (Å²) < 4.78 is 17.8. The van der Waals surface area contributed by atoms with Gasteiger partial charge in [-0.15, -0.1) is 5.10 Å². The second-order valence-corrected chi connectivity index (χ2v) is 7.29. The second-order valence-electron chi connectivity index (χ2n) is 7.29. The monoisotopic (exact) mass is 422 g/mol. The smallest absolute Gasteiger partial charge is 0.278 e. The number of nitrogens with zero attached hydrogens (tertiary/aromatic N) is 3. The molecule has 2 aromatic carbocycles. The van der Waals surface area contributed by atoms with Crippen LogP contribution in [0.15, 0.2) is 46.0 Å². The maximum atomic E-state index is 13.4. The average Bonchev–Trinajstić information content (AvgIpc) is 3.13. The highest BCUT2D eigenvalue weighted by atomic mass is 16.5. The lowest BCUT2D eigenvalue weighted by atomic mass is 10.2. The molecule has 2 heterocycles. The van der Waals surface area contributed by atoms with E-state index in [4.69, 9.17) is 14.2 Å². The van der Waals surface area contributed by atoms with E-state index in [9.17, 15) is 9.59 Å². The van der Waals surface area contributed by atoms with Crippen molar-refractivity contribution >= 4 is 21.9 Å². The molecule has 160 valence electrons. The highest BCUT2D eigenvalue weighted by Gasteiger charge is 2.17. The third-order valence-electron chi connectivity index (χ3n) is 4.82. The molecule has 0 aliphatic rings. The minimum atomic E-state index is -0.510. The van der Waals surface area contributed by atoms with Crippen molar-refractivity contribution in [2.24, 2.45) is 0 Å². The molecule has 9 heteroatoms. The van der Waals surface area contributed by atoms with Crippen molar-refractivity contribution in [2.45, 2.75) is 26.5 Å². The van der Waals surface area contributed by atoms with E-state index in [1.165, 1.54) is 11.8 Å². The molecule has 0 atom stereocenters. The number of aromatic amines is 1. The topological polar surface area (TPSA) is 108 Å². The lowest BCUT2D eigenvalue weighted by molar-refractivity contribution is 0.230. The van der Waals surface area contributed by atoms with Gasteiger partial charge in [0.25, 0.3) is 5.56 Å². The molecule has 0 saturated carbocycles. The highest BCUT2D eigenvalue weighted by Crippen LogP contribution is 2.31. The van der Waals surface area contributed by atoms with Gasteiger partial charge in [0, 0.05) is 6.07 Å². The standard InChI is InChI=1S/C22H22N4O5/c1-12(2)31-18-10-16-15(9-17(18)30-4)21(27)20-19(22(28)23-16)24-25-26(20)11-13-5-7-14(29-3)8-6-13/h5-10,12H,11H2,1-4H3,(H,23,28). The van der Waals surface area contributed by atoms with Gasteiger partial charge in [0.15, 0.2) is 17.0 Å². The zero-order valence-electron chi connectivity index (χ0n) is 17.6. The lowest BCUT2D eigenvalue weighted by Crippen LogP contribution is -2.10. The normalized spacial score (nSPS) is 11.3. The van der Waals surface area contributed by atoms with E-state index in [2.05, 4.69) is 15.3 Å². The lowest BCUT2D eigenvalue weighted by Gasteiger charge is -2.13. The van der Waals surface area contributed by atoms with E-state index >= 15 is 0 Å². The number of aromatic nitrogens is 4. The molecule has 0 fully saturated rings. The van der Waals surface area contributed by atoms with Crippen LogP contribution in [0.5, 0.6) is 17.2 Å². The first-order chi connectivity index (χ1) is 14.9. The van der Waals surface area contributed by atoms with Gasteiger partial charge in [-0.25, -0.2) is 4.68 Å². The molecule has 0 aliphatic carbocycles. The summed E-state index contributed by atoms with van der Waals surface area (Å²) >= 11 is 0. The van der Waals surface area contributed by atoms with Gasteiger partial charge in [0.1, 0.15) is 11.3 Å². The quantitative estimate of drug-likeness (QED) is 0.508.